The van der Waals surface area contributed by atoms with Gasteiger partial charge in [0.2, 0.25) is 0 Å². The molecule has 0 radical (unpaired) electrons. The van der Waals surface area contributed by atoms with Gasteiger partial charge in [0.1, 0.15) is 5.82 Å². The minimum absolute atomic E-state index is 0.264. The van der Waals surface area contributed by atoms with Gasteiger partial charge in [0, 0.05) is 11.8 Å². The maximum Gasteiger partial charge on any atom is 0.256 e. The largest absolute Gasteiger partial charge is 0.397 e. The Balaban J connectivity index is 2.19. The number of aryl methyl sites for hydroxylation is 1. The van der Waals surface area contributed by atoms with E-state index in [9.17, 15) is 4.79 Å². The molecule has 0 unspecified atom stereocenters. The Morgan fingerprint density at radius 3 is 2.61 bits per heavy atom. The Hall–Kier alpha value is -2.56. The summed E-state index contributed by atoms with van der Waals surface area (Å²) in [5.74, 6) is 0.246. The number of hydrogen-bond acceptors (Lipinski definition) is 4. The number of rotatable bonds is 2. The lowest BCUT2D eigenvalue weighted by Gasteiger charge is -2.06. The Kier molecular flexibility index (Phi) is 3.14. The van der Waals surface area contributed by atoms with E-state index >= 15 is 0 Å². The zero-order valence-electron chi connectivity index (χ0n) is 9.97. The average Bonchev–Trinajstić information content (AvgIpc) is 2.32. The van der Waals surface area contributed by atoms with Gasteiger partial charge in [-0.1, -0.05) is 0 Å². The molecule has 0 spiro atoms. The minimum atomic E-state index is -0.264. The van der Waals surface area contributed by atoms with Crippen LogP contribution in [0.5, 0.6) is 0 Å². The highest BCUT2D eigenvalue weighted by molar-refractivity contribution is 6.04. The topological polar surface area (TPSA) is 94.0 Å². The first-order chi connectivity index (χ1) is 8.56. The first kappa shape index (κ1) is 11.9. The molecule has 0 atom stereocenters. The van der Waals surface area contributed by atoms with Crippen LogP contribution in [0.4, 0.5) is 17.2 Å². The van der Waals surface area contributed by atoms with Crippen LogP contribution < -0.4 is 16.8 Å². The molecule has 0 bridgehead atoms. The van der Waals surface area contributed by atoms with Gasteiger partial charge >= 0.3 is 0 Å². The molecule has 2 aromatic rings. The van der Waals surface area contributed by atoms with E-state index in [1.165, 1.54) is 0 Å². The summed E-state index contributed by atoms with van der Waals surface area (Å²) >= 11 is 0. The Bertz CT molecular complexity index is 595. The molecule has 18 heavy (non-hydrogen) atoms. The number of anilines is 3. The molecule has 2 rings (SSSR count). The van der Waals surface area contributed by atoms with E-state index in [2.05, 4.69) is 10.3 Å². The Morgan fingerprint density at radius 2 is 1.94 bits per heavy atom. The molecular formula is C13H14N4O. The maximum absolute atomic E-state index is 11.9. The van der Waals surface area contributed by atoms with Crippen molar-refractivity contribution < 1.29 is 4.79 Å². The van der Waals surface area contributed by atoms with E-state index < -0.39 is 0 Å². The number of benzene rings is 1. The number of nitrogen functional groups attached to an aromatic ring is 2. The summed E-state index contributed by atoms with van der Waals surface area (Å²) < 4.78 is 0. The van der Waals surface area contributed by atoms with E-state index in [4.69, 9.17) is 11.5 Å². The second kappa shape index (κ2) is 4.75. The third-order valence-electron chi connectivity index (χ3n) is 2.51. The zero-order valence-corrected chi connectivity index (χ0v) is 9.97. The van der Waals surface area contributed by atoms with E-state index in [1.807, 2.05) is 13.0 Å². The number of nitrogens with zero attached hydrogens (tertiary/aromatic N) is 1. The zero-order chi connectivity index (χ0) is 13.1. The summed E-state index contributed by atoms with van der Waals surface area (Å²) in [7, 11) is 0. The quantitative estimate of drug-likeness (QED) is 0.700. The Labute approximate surface area is 105 Å². The summed E-state index contributed by atoms with van der Waals surface area (Å²) in [6.07, 6.45) is 1.64. The molecule has 92 valence electrons. The maximum atomic E-state index is 11.9. The molecule has 0 fully saturated rings. The fourth-order valence-corrected chi connectivity index (χ4v) is 1.51. The number of pyridine rings is 1. The van der Waals surface area contributed by atoms with Gasteiger partial charge in [-0.05, 0) is 42.8 Å². The number of nitrogens with two attached hydrogens (primary N) is 2. The number of hydrogen-bond donors (Lipinski definition) is 3. The molecule has 0 saturated heterocycles. The average molecular weight is 242 g/mol. The number of aromatic nitrogens is 1. The van der Waals surface area contributed by atoms with Gasteiger partial charge in [0.05, 0.1) is 11.4 Å². The van der Waals surface area contributed by atoms with Crippen molar-refractivity contribution in [3.05, 3.63) is 47.7 Å². The predicted molar refractivity (Wildman–Crippen MR) is 72.2 cm³/mol. The van der Waals surface area contributed by atoms with Gasteiger partial charge in [-0.3, -0.25) is 4.79 Å². The number of nitrogens with one attached hydrogen (secondary N) is 1. The molecule has 5 N–H and O–H groups in total. The number of carbonyl (C=O) groups excluding carboxylic acids is 1. The van der Waals surface area contributed by atoms with Crippen LogP contribution in [0.25, 0.3) is 0 Å². The van der Waals surface area contributed by atoms with Crippen LogP contribution >= 0.6 is 0 Å². The highest BCUT2D eigenvalue weighted by Gasteiger charge is 2.08. The molecule has 0 aliphatic carbocycles. The molecule has 0 saturated carbocycles. The van der Waals surface area contributed by atoms with Crippen LogP contribution in [-0.4, -0.2) is 10.9 Å². The summed E-state index contributed by atoms with van der Waals surface area (Å²) in [6, 6.07) is 8.42. The smallest absolute Gasteiger partial charge is 0.256 e. The summed E-state index contributed by atoms with van der Waals surface area (Å²) in [5.41, 5.74) is 13.6. The van der Waals surface area contributed by atoms with Crippen molar-refractivity contribution in [3.8, 4) is 0 Å². The highest BCUT2D eigenvalue weighted by Crippen LogP contribution is 2.17. The van der Waals surface area contributed by atoms with Crippen molar-refractivity contribution in [1.82, 2.24) is 4.98 Å². The molecule has 1 amide bonds. The summed E-state index contributed by atoms with van der Waals surface area (Å²) in [6.45, 7) is 1.93. The second-order valence-corrected chi connectivity index (χ2v) is 4.02. The van der Waals surface area contributed by atoms with E-state index in [0.717, 1.165) is 5.56 Å². The van der Waals surface area contributed by atoms with Gasteiger partial charge in [0.25, 0.3) is 5.91 Å². The van der Waals surface area contributed by atoms with Crippen molar-refractivity contribution in [2.45, 2.75) is 6.92 Å². The molecule has 5 nitrogen and oxygen atoms in total. The molecule has 0 aliphatic rings. The molecular weight excluding hydrogens is 228 g/mol. The third-order valence-corrected chi connectivity index (χ3v) is 2.51. The number of amides is 1. The van der Waals surface area contributed by atoms with Crippen molar-refractivity contribution in [1.29, 1.82) is 0 Å². The fraction of sp³-hybridized carbons (Fsp3) is 0.0769. The first-order valence-corrected chi connectivity index (χ1v) is 5.45. The summed E-state index contributed by atoms with van der Waals surface area (Å²) in [5, 5.41) is 2.70. The van der Waals surface area contributed by atoms with E-state index in [1.54, 1.807) is 30.5 Å². The number of carbonyl (C=O) groups is 1. The predicted octanol–water partition coefficient (Wildman–Crippen LogP) is 1.81. The van der Waals surface area contributed by atoms with Gasteiger partial charge in [-0.2, -0.15) is 0 Å². The molecule has 1 aromatic carbocycles. The summed E-state index contributed by atoms with van der Waals surface area (Å²) in [4.78, 5) is 16.0. The van der Waals surface area contributed by atoms with Gasteiger partial charge in [-0.25, -0.2) is 4.98 Å². The monoisotopic (exact) mass is 242 g/mol. The van der Waals surface area contributed by atoms with Crippen molar-refractivity contribution >= 4 is 23.1 Å². The van der Waals surface area contributed by atoms with Crippen LogP contribution in [0.2, 0.25) is 0 Å². The normalized spacial score (nSPS) is 10.1. The first-order valence-electron chi connectivity index (χ1n) is 5.45. The van der Waals surface area contributed by atoms with Crippen LogP contribution in [0.1, 0.15) is 15.9 Å². The Morgan fingerprint density at radius 1 is 1.17 bits per heavy atom. The lowest BCUT2D eigenvalue weighted by Crippen LogP contribution is -2.13. The SMILES string of the molecule is Cc1ccnc(NC(=O)c2ccc(N)c(N)c2)c1. The highest BCUT2D eigenvalue weighted by atomic mass is 16.1. The van der Waals surface area contributed by atoms with Gasteiger partial charge in [-0.15, -0.1) is 0 Å². The standard InChI is InChI=1S/C13H14N4O/c1-8-4-5-16-12(6-8)17-13(18)9-2-3-10(14)11(15)7-9/h2-7H,14-15H2,1H3,(H,16,17,18). The van der Waals surface area contributed by atoms with Gasteiger partial charge < -0.3 is 16.8 Å². The molecule has 5 heteroatoms. The van der Waals surface area contributed by atoms with Crippen LogP contribution in [0, 0.1) is 6.92 Å². The molecule has 1 aromatic heterocycles. The van der Waals surface area contributed by atoms with E-state index in [0.29, 0.717) is 22.8 Å². The van der Waals surface area contributed by atoms with Gasteiger partial charge in [0.15, 0.2) is 0 Å². The fourth-order valence-electron chi connectivity index (χ4n) is 1.51. The molecule has 0 aliphatic heterocycles. The van der Waals surface area contributed by atoms with Crippen LogP contribution in [-0.2, 0) is 0 Å². The third kappa shape index (κ3) is 2.57. The van der Waals surface area contributed by atoms with Crippen LogP contribution in [0.15, 0.2) is 36.5 Å². The lowest BCUT2D eigenvalue weighted by molar-refractivity contribution is 0.102. The van der Waals surface area contributed by atoms with Crippen LogP contribution in [0.3, 0.4) is 0 Å². The van der Waals surface area contributed by atoms with Crippen molar-refractivity contribution in [3.63, 3.8) is 0 Å². The lowest BCUT2D eigenvalue weighted by atomic mass is 10.1. The molecule has 1 heterocycles. The van der Waals surface area contributed by atoms with Crippen molar-refractivity contribution in [2.75, 3.05) is 16.8 Å². The second-order valence-electron chi connectivity index (χ2n) is 4.02. The van der Waals surface area contributed by atoms with E-state index in [-0.39, 0.29) is 5.91 Å². The minimum Gasteiger partial charge on any atom is -0.397 e. The van der Waals surface area contributed by atoms with Crippen molar-refractivity contribution in [2.24, 2.45) is 0 Å².